The first-order valence-corrected chi connectivity index (χ1v) is 3.73. The Bertz CT molecular complexity index is 191. The molecule has 0 bridgehead atoms. The van der Waals surface area contributed by atoms with E-state index in [1.54, 1.807) is 0 Å². The van der Waals surface area contributed by atoms with Crippen molar-refractivity contribution in [1.29, 1.82) is 0 Å². The van der Waals surface area contributed by atoms with Gasteiger partial charge in [-0.05, 0) is 5.92 Å². The van der Waals surface area contributed by atoms with E-state index >= 15 is 0 Å². The number of rotatable bonds is 2. The van der Waals surface area contributed by atoms with E-state index in [1.165, 1.54) is 0 Å². The van der Waals surface area contributed by atoms with Crippen LogP contribution in [0.5, 0.6) is 0 Å². The Morgan fingerprint density at radius 3 is 2.82 bits per heavy atom. The minimum Gasteiger partial charge on any atom is -0.369 e. The van der Waals surface area contributed by atoms with Crippen LogP contribution in [0.3, 0.4) is 0 Å². The predicted octanol–water partition coefficient (Wildman–Crippen LogP) is -0.756. The number of nitrogens with one attached hydrogen (secondary N) is 1. The van der Waals surface area contributed by atoms with Gasteiger partial charge in [0, 0.05) is 6.54 Å². The quantitative estimate of drug-likeness (QED) is 0.516. The molecule has 2 amide bonds. The number of amides is 2. The summed E-state index contributed by atoms with van der Waals surface area (Å²) in [6.07, 6.45) is 0.812. The van der Waals surface area contributed by atoms with Gasteiger partial charge in [-0.3, -0.25) is 9.59 Å². The van der Waals surface area contributed by atoms with Crippen LogP contribution in [-0.2, 0) is 9.59 Å². The van der Waals surface area contributed by atoms with Gasteiger partial charge in [-0.1, -0.05) is 13.3 Å². The average Bonchev–Trinajstić information content (AvgIpc) is 2.30. The Balaban J connectivity index is 2.71. The van der Waals surface area contributed by atoms with E-state index in [9.17, 15) is 9.59 Å². The number of carbonyl (C=O) groups excluding carboxylic acids is 2. The smallest absolute Gasteiger partial charge is 0.232 e. The summed E-state index contributed by atoms with van der Waals surface area (Å²) in [4.78, 5) is 21.7. The molecular weight excluding hydrogens is 144 g/mol. The third-order valence-corrected chi connectivity index (χ3v) is 2.12. The van der Waals surface area contributed by atoms with Gasteiger partial charge in [0.2, 0.25) is 11.8 Å². The highest BCUT2D eigenvalue weighted by Gasteiger charge is 2.37. The highest BCUT2D eigenvalue weighted by molar-refractivity contribution is 6.01. The van der Waals surface area contributed by atoms with Crippen LogP contribution in [0.1, 0.15) is 13.3 Å². The van der Waals surface area contributed by atoms with Crippen LogP contribution >= 0.6 is 0 Å². The van der Waals surface area contributed by atoms with E-state index in [0.29, 0.717) is 6.54 Å². The lowest BCUT2D eigenvalue weighted by Gasteiger charge is -2.09. The third kappa shape index (κ3) is 1.34. The molecule has 1 fully saturated rings. The maximum atomic E-state index is 11.0. The molecule has 4 nitrogen and oxygen atoms in total. The normalized spacial score (nSPS) is 30.1. The van der Waals surface area contributed by atoms with Gasteiger partial charge in [-0.2, -0.15) is 0 Å². The SMILES string of the molecule is CCC1CNC(=O)C1C(N)=O. The number of primary amides is 1. The maximum absolute atomic E-state index is 11.0. The van der Waals surface area contributed by atoms with Gasteiger partial charge in [0.1, 0.15) is 5.92 Å². The van der Waals surface area contributed by atoms with E-state index in [-0.39, 0.29) is 11.8 Å². The fourth-order valence-electron chi connectivity index (χ4n) is 1.42. The standard InChI is InChI=1S/C7H12N2O2/c1-2-4-3-9-7(11)5(4)6(8)10/h4-5H,2-3H2,1H3,(H2,8,10)(H,9,11). The van der Waals surface area contributed by atoms with Gasteiger partial charge >= 0.3 is 0 Å². The molecule has 11 heavy (non-hydrogen) atoms. The average molecular weight is 156 g/mol. The molecule has 0 aliphatic carbocycles. The van der Waals surface area contributed by atoms with Crippen molar-refractivity contribution in [3.8, 4) is 0 Å². The van der Waals surface area contributed by atoms with Crippen molar-refractivity contribution in [2.45, 2.75) is 13.3 Å². The van der Waals surface area contributed by atoms with Crippen LogP contribution < -0.4 is 11.1 Å². The van der Waals surface area contributed by atoms with E-state index < -0.39 is 11.8 Å². The first-order chi connectivity index (χ1) is 5.16. The van der Waals surface area contributed by atoms with Gasteiger partial charge in [0.15, 0.2) is 0 Å². The van der Waals surface area contributed by atoms with E-state index in [2.05, 4.69) is 5.32 Å². The number of carbonyl (C=O) groups is 2. The summed E-state index contributed by atoms with van der Waals surface area (Å²) in [5, 5.41) is 2.61. The lowest BCUT2D eigenvalue weighted by molar-refractivity contribution is -0.132. The van der Waals surface area contributed by atoms with Gasteiger partial charge in [0.05, 0.1) is 0 Å². The van der Waals surface area contributed by atoms with E-state index in [0.717, 1.165) is 6.42 Å². The lowest BCUT2D eigenvalue weighted by Crippen LogP contribution is -2.33. The molecular formula is C7H12N2O2. The van der Waals surface area contributed by atoms with Gasteiger partial charge in [0.25, 0.3) is 0 Å². The summed E-state index contributed by atoms with van der Waals surface area (Å²) in [6, 6.07) is 0. The zero-order valence-corrected chi connectivity index (χ0v) is 6.46. The minimum absolute atomic E-state index is 0.0972. The zero-order chi connectivity index (χ0) is 8.43. The second-order valence-electron chi connectivity index (χ2n) is 2.79. The molecule has 3 N–H and O–H groups in total. The summed E-state index contributed by atoms with van der Waals surface area (Å²) in [5.41, 5.74) is 5.05. The third-order valence-electron chi connectivity index (χ3n) is 2.12. The molecule has 0 aromatic rings. The highest BCUT2D eigenvalue weighted by Crippen LogP contribution is 2.20. The molecule has 2 unspecified atom stereocenters. The van der Waals surface area contributed by atoms with Crippen LogP contribution in [0.25, 0.3) is 0 Å². The minimum atomic E-state index is -0.597. The molecule has 1 aliphatic heterocycles. The molecule has 0 aromatic heterocycles. The maximum Gasteiger partial charge on any atom is 0.232 e. The van der Waals surface area contributed by atoms with Crippen molar-refractivity contribution in [3.63, 3.8) is 0 Å². The van der Waals surface area contributed by atoms with Crippen molar-refractivity contribution in [2.75, 3.05) is 6.54 Å². The molecule has 0 spiro atoms. The van der Waals surface area contributed by atoms with Crippen molar-refractivity contribution in [3.05, 3.63) is 0 Å². The van der Waals surface area contributed by atoms with E-state index in [4.69, 9.17) is 5.73 Å². The van der Waals surface area contributed by atoms with Gasteiger partial charge in [-0.15, -0.1) is 0 Å². The van der Waals surface area contributed by atoms with Crippen LogP contribution in [0, 0.1) is 11.8 Å². The van der Waals surface area contributed by atoms with Crippen LogP contribution in [-0.4, -0.2) is 18.4 Å². The largest absolute Gasteiger partial charge is 0.369 e. The molecule has 62 valence electrons. The molecule has 1 rings (SSSR count). The van der Waals surface area contributed by atoms with Crippen LogP contribution in [0.4, 0.5) is 0 Å². The number of nitrogens with two attached hydrogens (primary N) is 1. The summed E-state index contributed by atoms with van der Waals surface area (Å²) in [6.45, 7) is 2.53. The van der Waals surface area contributed by atoms with Gasteiger partial charge in [-0.25, -0.2) is 0 Å². The topological polar surface area (TPSA) is 72.2 Å². The number of hydrogen-bond acceptors (Lipinski definition) is 2. The van der Waals surface area contributed by atoms with Crippen molar-refractivity contribution < 1.29 is 9.59 Å². The zero-order valence-electron chi connectivity index (χ0n) is 6.46. The molecule has 1 aliphatic rings. The molecule has 1 heterocycles. The van der Waals surface area contributed by atoms with Crippen molar-refractivity contribution in [2.24, 2.45) is 17.6 Å². The fraction of sp³-hybridized carbons (Fsp3) is 0.714. The molecule has 1 saturated heterocycles. The fourth-order valence-corrected chi connectivity index (χ4v) is 1.42. The second kappa shape index (κ2) is 2.90. The first kappa shape index (κ1) is 8.04. The Morgan fingerprint density at radius 2 is 2.45 bits per heavy atom. The molecule has 0 aromatic carbocycles. The monoisotopic (exact) mass is 156 g/mol. The molecule has 0 saturated carbocycles. The lowest BCUT2D eigenvalue weighted by atomic mass is 9.93. The molecule has 4 heteroatoms. The Morgan fingerprint density at radius 1 is 1.82 bits per heavy atom. The van der Waals surface area contributed by atoms with Crippen molar-refractivity contribution >= 4 is 11.8 Å². The second-order valence-corrected chi connectivity index (χ2v) is 2.79. The molecule has 2 atom stereocenters. The van der Waals surface area contributed by atoms with E-state index in [1.807, 2.05) is 6.92 Å². The summed E-state index contributed by atoms with van der Waals surface area (Å²) in [5.74, 6) is -1.23. The predicted molar refractivity (Wildman–Crippen MR) is 39.5 cm³/mol. The highest BCUT2D eigenvalue weighted by atomic mass is 16.2. The summed E-state index contributed by atoms with van der Waals surface area (Å²) < 4.78 is 0. The summed E-state index contributed by atoms with van der Waals surface area (Å²) >= 11 is 0. The van der Waals surface area contributed by atoms with Crippen molar-refractivity contribution in [1.82, 2.24) is 5.32 Å². The Kier molecular flexibility index (Phi) is 2.12. The van der Waals surface area contributed by atoms with Gasteiger partial charge < -0.3 is 11.1 Å². The summed E-state index contributed by atoms with van der Waals surface area (Å²) in [7, 11) is 0. The molecule has 0 radical (unpaired) electrons. The first-order valence-electron chi connectivity index (χ1n) is 3.73. The van der Waals surface area contributed by atoms with Crippen LogP contribution in [0.15, 0.2) is 0 Å². The Hall–Kier alpha value is -1.06. The van der Waals surface area contributed by atoms with Crippen LogP contribution in [0.2, 0.25) is 0 Å². The number of hydrogen-bond donors (Lipinski definition) is 2. The Labute approximate surface area is 65.1 Å².